The van der Waals surface area contributed by atoms with E-state index in [0.29, 0.717) is 16.8 Å². The van der Waals surface area contributed by atoms with Crippen molar-refractivity contribution in [3.8, 4) is 0 Å². The summed E-state index contributed by atoms with van der Waals surface area (Å²) in [6, 6.07) is 4.72. The summed E-state index contributed by atoms with van der Waals surface area (Å²) in [5.74, 6) is -0.617. The quantitative estimate of drug-likeness (QED) is 0.553. The fourth-order valence-electron chi connectivity index (χ4n) is 1.56. The highest BCUT2D eigenvalue weighted by Gasteiger charge is 2.33. The molecule has 0 aromatic heterocycles. The molecule has 0 fully saturated rings. The van der Waals surface area contributed by atoms with Crippen LogP contribution in [0, 0.1) is 0 Å². The van der Waals surface area contributed by atoms with E-state index in [2.05, 4.69) is 0 Å². The maximum absolute atomic E-state index is 11.7. The molecule has 4 heteroatoms. The van der Waals surface area contributed by atoms with Gasteiger partial charge < -0.3 is 5.73 Å². The van der Waals surface area contributed by atoms with Crippen LogP contribution in [0.25, 0.3) is 0 Å². The van der Waals surface area contributed by atoms with Crippen LogP contribution in [0.1, 0.15) is 27.6 Å². The van der Waals surface area contributed by atoms with Gasteiger partial charge in [0.1, 0.15) is 0 Å². The predicted octanol–water partition coefficient (Wildman–Crippen LogP) is 1.40. The van der Waals surface area contributed by atoms with Crippen molar-refractivity contribution in [1.82, 2.24) is 4.90 Å². The van der Waals surface area contributed by atoms with Gasteiger partial charge in [0.05, 0.1) is 11.1 Å². The SMILES string of the molecule is C/C=C\N1C(=O)c2ccc(N)cc2C1=O. The Hall–Kier alpha value is -2.10. The maximum Gasteiger partial charge on any atom is 0.265 e. The monoisotopic (exact) mass is 202 g/mol. The van der Waals surface area contributed by atoms with E-state index in [1.807, 2.05) is 0 Å². The zero-order valence-electron chi connectivity index (χ0n) is 8.23. The molecule has 0 aliphatic carbocycles. The number of amides is 2. The van der Waals surface area contributed by atoms with Crippen molar-refractivity contribution >= 4 is 17.5 Å². The molecule has 2 N–H and O–H groups in total. The topological polar surface area (TPSA) is 63.4 Å². The number of nitrogens with zero attached hydrogens (tertiary/aromatic N) is 1. The summed E-state index contributed by atoms with van der Waals surface area (Å²) in [6.07, 6.45) is 3.10. The van der Waals surface area contributed by atoms with Crippen LogP contribution in [0.3, 0.4) is 0 Å². The fraction of sp³-hybridized carbons (Fsp3) is 0.0909. The molecule has 15 heavy (non-hydrogen) atoms. The second kappa shape index (κ2) is 3.24. The molecule has 1 heterocycles. The molecule has 1 aliphatic heterocycles. The Bertz CT molecular complexity index is 477. The molecule has 1 aliphatic rings. The van der Waals surface area contributed by atoms with Gasteiger partial charge >= 0.3 is 0 Å². The van der Waals surface area contributed by atoms with Gasteiger partial charge in [0.2, 0.25) is 0 Å². The number of carbonyl (C=O) groups excluding carboxylic acids is 2. The van der Waals surface area contributed by atoms with E-state index >= 15 is 0 Å². The number of fused-ring (bicyclic) bond motifs is 1. The standard InChI is InChI=1S/C11H10N2O2/c1-2-5-13-10(14)8-4-3-7(12)6-9(8)11(13)15/h2-6H,12H2,1H3/b5-2-. The lowest BCUT2D eigenvalue weighted by Crippen LogP contribution is -2.23. The molecule has 0 unspecified atom stereocenters. The van der Waals surface area contributed by atoms with Crippen LogP contribution in [-0.2, 0) is 0 Å². The first-order valence-electron chi connectivity index (χ1n) is 4.55. The molecule has 1 aromatic carbocycles. The van der Waals surface area contributed by atoms with E-state index in [1.54, 1.807) is 25.1 Å². The Kier molecular flexibility index (Phi) is 2.04. The number of benzene rings is 1. The third-order valence-corrected chi connectivity index (χ3v) is 2.24. The van der Waals surface area contributed by atoms with E-state index in [9.17, 15) is 9.59 Å². The summed E-state index contributed by atoms with van der Waals surface area (Å²) in [7, 11) is 0. The van der Waals surface area contributed by atoms with Crippen molar-refractivity contribution in [1.29, 1.82) is 0 Å². The van der Waals surface area contributed by atoms with Crippen LogP contribution in [0.4, 0.5) is 5.69 Å². The number of carbonyl (C=O) groups is 2. The van der Waals surface area contributed by atoms with Gasteiger partial charge in [0.15, 0.2) is 0 Å². The molecule has 4 nitrogen and oxygen atoms in total. The molecule has 0 saturated carbocycles. The van der Waals surface area contributed by atoms with Crippen molar-refractivity contribution in [3.63, 3.8) is 0 Å². The van der Waals surface area contributed by atoms with Crippen molar-refractivity contribution in [2.45, 2.75) is 6.92 Å². The van der Waals surface area contributed by atoms with Gasteiger partial charge in [-0.2, -0.15) is 0 Å². The van der Waals surface area contributed by atoms with Gasteiger partial charge in [-0.1, -0.05) is 6.08 Å². The van der Waals surface area contributed by atoms with Crippen molar-refractivity contribution in [2.75, 3.05) is 5.73 Å². The van der Waals surface area contributed by atoms with E-state index in [-0.39, 0.29) is 11.8 Å². The Labute approximate surface area is 87.0 Å². The largest absolute Gasteiger partial charge is 0.399 e. The van der Waals surface area contributed by atoms with Gasteiger partial charge in [-0.3, -0.25) is 9.59 Å². The molecule has 0 bridgehead atoms. The van der Waals surface area contributed by atoms with Gasteiger partial charge in [0.25, 0.3) is 11.8 Å². The lowest BCUT2D eigenvalue weighted by molar-refractivity contribution is 0.0721. The maximum atomic E-state index is 11.7. The van der Waals surface area contributed by atoms with Crippen LogP contribution in [0.2, 0.25) is 0 Å². The number of hydrogen-bond donors (Lipinski definition) is 1. The highest BCUT2D eigenvalue weighted by atomic mass is 16.2. The van der Waals surface area contributed by atoms with Gasteiger partial charge in [-0.25, -0.2) is 4.90 Å². The summed E-state index contributed by atoms with van der Waals surface area (Å²) in [6.45, 7) is 1.75. The average Bonchev–Trinajstić information content (AvgIpc) is 2.44. The smallest absolute Gasteiger partial charge is 0.265 e. The normalized spacial score (nSPS) is 15.1. The van der Waals surface area contributed by atoms with Crippen LogP contribution in [-0.4, -0.2) is 16.7 Å². The summed E-state index contributed by atoms with van der Waals surface area (Å²) < 4.78 is 0. The third-order valence-electron chi connectivity index (χ3n) is 2.24. The van der Waals surface area contributed by atoms with Crippen molar-refractivity contribution < 1.29 is 9.59 Å². The summed E-state index contributed by atoms with van der Waals surface area (Å²) >= 11 is 0. The Morgan fingerprint density at radius 1 is 1.20 bits per heavy atom. The number of anilines is 1. The summed E-state index contributed by atoms with van der Waals surface area (Å²) in [5.41, 5.74) is 6.82. The Morgan fingerprint density at radius 2 is 1.87 bits per heavy atom. The molecule has 0 radical (unpaired) electrons. The fourth-order valence-corrected chi connectivity index (χ4v) is 1.56. The van der Waals surface area contributed by atoms with Crippen molar-refractivity contribution in [2.24, 2.45) is 0 Å². The summed E-state index contributed by atoms with van der Waals surface area (Å²) in [5, 5.41) is 0. The van der Waals surface area contributed by atoms with Crippen LogP contribution in [0.15, 0.2) is 30.5 Å². The minimum atomic E-state index is -0.319. The average molecular weight is 202 g/mol. The molecular formula is C11H10N2O2. The second-order valence-corrected chi connectivity index (χ2v) is 3.27. The van der Waals surface area contributed by atoms with Gasteiger partial charge in [0, 0.05) is 11.9 Å². The van der Waals surface area contributed by atoms with Crippen LogP contribution >= 0.6 is 0 Å². The molecule has 2 rings (SSSR count). The summed E-state index contributed by atoms with van der Waals surface area (Å²) in [4.78, 5) is 24.6. The first-order valence-corrected chi connectivity index (χ1v) is 4.55. The van der Waals surface area contributed by atoms with Gasteiger partial charge in [-0.05, 0) is 25.1 Å². The minimum Gasteiger partial charge on any atom is -0.399 e. The lowest BCUT2D eigenvalue weighted by Gasteiger charge is -2.05. The molecule has 0 saturated heterocycles. The molecular weight excluding hydrogens is 192 g/mol. The van der Waals surface area contributed by atoms with Crippen LogP contribution in [0.5, 0.6) is 0 Å². The van der Waals surface area contributed by atoms with Gasteiger partial charge in [-0.15, -0.1) is 0 Å². The van der Waals surface area contributed by atoms with E-state index in [1.165, 1.54) is 12.3 Å². The second-order valence-electron chi connectivity index (χ2n) is 3.27. The third kappa shape index (κ3) is 1.30. The molecule has 2 amide bonds. The first-order chi connectivity index (χ1) is 7.15. The lowest BCUT2D eigenvalue weighted by atomic mass is 10.1. The Morgan fingerprint density at radius 3 is 2.53 bits per heavy atom. The van der Waals surface area contributed by atoms with Crippen molar-refractivity contribution in [3.05, 3.63) is 41.6 Å². The first kappa shape index (κ1) is 9.45. The number of allylic oxidation sites excluding steroid dienone is 1. The highest BCUT2D eigenvalue weighted by molar-refractivity contribution is 6.22. The van der Waals surface area contributed by atoms with E-state index < -0.39 is 0 Å². The molecule has 0 atom stereocenters. The Balaban J connectivity index is 2.55. The minimum absolute atomic E-state index is 0.298. The zero-order chi connectivity index (χ0) is 11.0. The number of nitrogens with two attached hydrogens (primary N) is 1. The molecule has 1 aromatic rings. The number of rotatable bonds is 1. The van der Waals surface area contributed by atoms with Crippen LogP contribution < -0.4 is 5.73 Å². The molecule has 0 spiro atoms. The van der Waals surface area contributed by atoms with E-state index in [4.69, 9.17) is 5.73 Å². The highest BCUT2D eigenvalue weighted by Crippen LogP contribution is 2.24. The predicted molar refractivity (Wildman–Crippen MR) is 56.2 cm³/mol. The molecule has 76 valence electrons. The zero-order valence-corrected chi connectivity index (χ0v) is 8.23. The number of imide groups is 1. The number of nitrogen functional groups attached to an aromatic ring is 1. The van der Waals surface area contributed by atoms with E-state index in [0.717, 1.165) is 4.90 Å². The number of hydrogen-bond acceptors (Lipinski definition) is 3.